The highest BCUT2D eigenvalue weighted by atomic mass is 16.6. The van der Waals surface area contributed by atoms with E-state index in [0.717, 1.165) is 70.6 Å². The number of allylic oxidation sites excluding steroid dienone is 6. The van der Waals surface area contributed by atoms with Crippen molar-refractivity contribution < 1.29 is 28.6 Å². The van der Waals surface area contributed by atoms with Crippen LogP contribution in [0.2, 0.25) is 0 Å². The SMILES string of the molecule is CCCCCCC/C=C\C/C=C\CCCCCCCCCCCCCC(=O)OC(COC(=O)CCCCCCC/C=C\CCCCCCC)COC(=O)CCCCCCCCCCCCCCCCCCCCCCCCCCCC. The van der Waals surface area contributed by atoms with Gasteiger partial charge in [-0.15, -0.1) is 0 Å². The molecule has 0 spiro atoms. The molecule has 0 N–H and O–H groups in total. The Morgan fingerprint density at radius 3 is 0.691 bits per heavy atom. The third-order valence-electron chi connectivity index (χ3n) is 16.6. The van der Waals surface area contributed by atoms with Gasteiger partial charge in [0.2, 0.25) is 0 Å². The standard InChI is InChI=1S/C75H140O6/c1-4-7-10-13-16-19-22-25-28-30-32-34-36-37-38-40-41-43-45-47-50-53-56-59-62-65-68-74(77)80-71-72(70-79-73(76)67-64-61-58-55-52-49-27-24-21-18-15-12-9-6-3)81-75(78)69-66-63-60-57-54-51-48-46-44-42-39-35-33-31-29-26-23-20-17-14-11-8-5-2/h23-24,26-27,31,33,72H,4-22,25,28-30,32,34-71H2,1-3H3/b26-23-,27-24-,33-31-. The zero-order chi connectivity index (χ0) is 58.5. The molecule has 81 heavy (non-hydrogen) atoms. The number of ether oxygens (including phenoxy) is 3. The lowest BCUT2D eigenvalue weighted by Gasteiger charge is -2.18. The first-order valence-corrected chi connectivity index (χ1v) is 36.5. The first-order chi connectivity index (χ1) is 40.0. The number of hydrogen-bond donors (Lipinski definition) is 0. The molecule has 0 saturated carbocycles. The van der Waals surface area contributed by atoms with E-state index >= 15 is 0 Å². The molecule has 0 rings (SSSR count). The minimum atomic E-state index is -0.776. The zero-order valence-corrected chi connectivity index (χ0v) is 54.8. The van der Waals surface area contributed by atoms with Crippen molar-refractivity contribution in [3.05, 3.63) is 36.5 Å². The summed E-state index contributed by atoms with van der Waals surface area (Å²) in [6, 6.07) is 0. The maximum absolute atomic E-state index is 13.0. The Labute approximate surface area is 506 Å². The van der Waals surface area contributed by atoms with Crippen molar-refractivity contribution in [3.8, 4) is 0 Å². The molecule has 0 saturated heterocycles. The van der Waals surface area contributed by atoms with Gasteiger partial charge >= 0.3 is 17.9 Å². The van der Waals surface area contributed by atoms with Crippen molar-refractivity contribution >= 4 is 17.9 Å². The average Bonchev–Trinajstić information content (AvgIpc) is 3.47. The van der Waals surface area contributed by atoms with Crippen molar-refractivity contribution in [2.45, 2.75) is 412 Å². The number of hydrogen-bond acceptors (Lipinski definition) is 6. The molecule has 0 aromatic carbocycles. The number of esters is 3. The lowest BCUT2D eigenvalue weighted by Crippen LogP contribution is -2.30. The second-order valence-corrected chi connectivity index (χ2v) is 24.9. The summed E-state index contributed by atoms with van der Waals surface area (Å²) >= 11 is 0. The minimum absolute atomic E-state index is 0.0705. The van der Waals surface area contributed by atoms with Crippen molar-refractivity contribution in [1.29, 1.82) is 0 Å². The molecular formula is C75H140O6. The van der Waals surface area contributed by atoms with Crippen LogP contribution in [0.25, 0.3) is 0 Å². The van der Waals surface area contributed by atoms with Crippen molar-refractivity contribution in [1.82, 2.24) is 0 Å². The number of unbranched alkanes of at least 4 members (excludes halogenated alkanes) is 51. The van der Waals surface area contributed by atoms with Gasteiger partial charge in [-0.05, 0) is 77.0 Å². The second-order valence-electron chi connectivity index (χ2n) is 24.9. The van der Waals surface area contributed by atoms with E-state index in [1.807, 2.05) is 0 Å². The van der Waals surface area contributed by atoms with Crippen LogP contribution in [0.3, 0.4) is 0 Å². The summed E-state index contributed by atoms with van der Waals surface area (Å²) in [6.45, 7) is 6.69. The summed E-state index contributed by atoms with van der Waals surface area (Å²) in [6.07, 6.45) is 87.5. The van der Waals surface area contributed by atoms with Crippen LogP contribution < -0.4 is 0 Å². The molecule has 0 aromatic heterocycles. The molecular weight excluding hydrogens is 997 g/mol. The minimum Gasteiger partial charge on any atom is -0.462 e. The molecule has 0 aliphatic carbocycles. The largest absolute Gasteiger partial charge is 0.462 e. The van der Waals surface area contributed by atoms with E-state index < -0.39 is 6.10 Å². The Balaban J connectivity index is 4.24. The smallest absolute Gasteiger partial charge is 0.306 e. The molecule has 1 unspecified atom stereocenters. The van der Waals surface area contributed by atoms with Crippen LogP contribution in [0.4, 0.5) is 0 Å². The van der Waals surface area contributed by atoms with E-state index in [9.17, 15) is 14.4 Å². The Morgan fingerprint density at radius 1 is 0.247 bits per heavy atom. The van der Waals surface area contributed by atoms with Crippen LogP contribution in [0.5, 0.6) is 0 Å². The van der Waals surface area contributed by atoms with E-state index in [0.29, 0.717) is 19.3 Å². The van der Waals surface area contributed by atoms with E-state index in [1.165, 1.54) is 295 Å². The maximum Gasteiger partial charge on any atom is 0.306 e. The van der Waals surface area contributed by atoms with Gasteiger partial charge in [-0.2, -0.15) is 0 Å². The molecule has 0 bridgehead atoms. The molecule has 0 aliphatic heterocycles. The Kier molecular flexibility index (Phi) is 68.1. The molecule has 476 valence electrons. The molecule has 6 heteroatoms. The summed E-state index contributed by atoms with van der Waals surface area (Å²) in [7, 11) is 0. The zero-order valence-electron chi connectivity index (χ0n) is 54.8. The van der Waals surface area contributed by atoms with Crippen LogP contribution >= 0.6 is 0 Å². The Hall–Kier alpha value is -2.37. The number of rotatable bonds is 68. The molecule has 0 amide bonds. The highest BCUT2D eigenvalue weighted by molar-refractivity contribution is 5.71. The number of carbonyl (C=O) groups is 3. The molecule has 0 aromatic rings. The molecule has 0 radical (unpaired) electrons. The highest BCUT2D eigenvalue weighted by Gasteiger charge is 2.19. The number of carbonyl (C=O) groups excluding carboxylic acids is 3. The van der Waals surface area contributed by atoms with Crippen LogP contribution in [-0.4, -0.2) is 37.2 Å². The monoisotopic (exact) mass is 1140 g/mol. The predicted molar refractivity (Wildman–Crippen MR) is 353 cm³/mol. The summed E-state index contributed by atoms with van der Waals surface area (Å²) < 4.78 is 17.0. The van der Waals surface area contributed by atoms with Crippen molar-refractivity contribution in [3.63, 3.8) is 0 Å². The third-order valence-corrected chi connectivity index (χ3v) is 16.6. The molecule has 0 fully saturated rings. The van der Waals surface area contributed by atoms with Crippen LogP contribution in [0.1, 0.15) is 406 Å². The predicted octanol–water partition coefficient (Wildman–Crippen LogP) is 25.1. The van der Waals surface area contributed by atoms with Gasteiger partial charge in [0.15, 0.2) is 6.10 Å². The van der Waals surface area contributed by atoms with Crippen LogP contribution in [-0.2, 0) is 28.6 Å². The first kappa shape index (κ1) is 78.6. The lowest BCUT2D eigenvalue weighted by atomic mass is 10.0. The van der Waals surface area contributed by atoms with Gasteiger partial charge in [0, 0.05) is 19.3 Å². The lowest BCUT2D eigenvalue weighted by molar-refractivity contribution is -0.167. The van der Waals surface area contributed by atoms with Gasteiger partial charge in [0.25, 0.3) is 0 Å². The van der Waals surface area contributed by atoms with Gasteiger partial charge in [0.1, 0.15) is 13.2 Å². The normalized spacial score (nSPS) is 12.2. The van der Waals surface area contributed by atoms with Crippen molar-refractivity contribution in [2.75, 3.05) is 13.2 Å². The van der Waals surface area contributed by atoms with Crippen LogP contribution in [0.15, 0.2) is 36.5 Å². The van der Waals surface area contributed by atoms with Gasteiger partial charge in [-0.25, -0.2) is 0 Å². The Bertz CT molecular complexity index is 1350. The Morgan fingerprint density at radius 2 is 0.444 bits per heavy atom. The van der Waals surface area contributed by atoms with E-state index in [2.05, 4.69) is 57.2 Å². The van der Waals surface area contributed by atoms with Gasteiger partial charge < -0.3 is 14.2 Å². The second kappa shape index (κ2) is 70.1. The average molecular weight is 1140 g/mol. The summed E-state index contributed by atoms with van der Waals surface area (Å²) in [5, 5.41) is 0. The summed E-state index contributed by atoms with van der Waals surface area (Å²) in [5.74, 6) is -0.852. The molecule has 1 atom stereocenters. The summed E-state index contributed by atoms with van der Waals surface area (Å²) in [4.78, 5) is 38.5. The highest BCUT2D eigenvalue weighted by Crippen LogP contribution is 2.19. The molecule has 0 aliphatic rings. The van der Waals surface area contributed by atoms with Crippen LogP contribution in [0, 0.1) is 0 Å². The quantitative estimate of drug-likeness (QED) is 0.0261. The van der Waals surface area contributed by atoms with E-state index in [-0.39, 0.29) is 31.1 Å². The van der Waals surface area contributed by atoms with Crippen molar-refractivity contribution in [2.24, 2.45) is 0 Å². The first-order valence-electron chi connectivity index (χ1n) is 36.5. The fraction of sp³-hybridized carbons (Fsp3) is 0.880. The van der Waals surface area contributed by atoms with E-state index in [1.54, 1.807) is 0 Å². The maximum atomic E-state index is 13.0. The topological polar surface area (TPSA) is 78.9 Å². The van der Waals surface area contributed by atoms with E-state index in [4.69, 9.17) is 14.2 Å². The summed E-state index contributed by atoms with van der Waals surface area (Å²) in [5.41, 5.74) is 0. The molecule has 6 nitrogen and oxygen atoms in total. The molecule has 0 heterocycles. The van der Waals surface area contributed by atoms with Gasteiger partial charge in [-0.1, -0.05) is 346 Å². The third kappa shape index (κ3) is 68.3. The fourth-order valence-electron chi connectivity index (χ4n) is 11.1. The van der Waals surface area contributed by atoms with Gasteiger partial charge in [0.05, 0.1) is 0 Å². The fourth-order valence-corrected chi connectivity index (χ4v) is 11.1. The van der Waals surface area contributed by atoms with Gasteiger partial charge in [-0.3, -0.25) is 14.4 Å².